The van der Waals surface area contributed by atoms with Crippen LogP contribution in [0.3, 0.4) is 0 Å². The number of nitrogens with one attached hydrogen (secondary N) is 1. The summed E-state index contributed by atoms with van der Waals surface area (Å²) in [4.78, 5) is 17.3. The molecule has 0 spiro atoms. The summed E-state index contributed by atoms with van der Waals surface area (Å²) in [5.74, 6) is 1.16. The Hall–Kier alpha value is -3.00. The van der Waals surface area contributed by atoms with Gasteiger partial charge < -0.3 is 14.6 Å². The molecule has 2 heterocycles. The molecule has 1 unspecified atom stereocenters. The zero-order valence-corrected chi connectivity index (χ0v) is 17.6. The van der Waals surface area contributed by atoms with Crippen molar-refractivity contribution >= 4 is 5.91 Å². The Morgan fingerprint density at radius 2 is 2.27 bits per heavy atom. The van der Waals surface area contributed by atoms with Crippen LogP contribution in [0.15, 0.2) is 28.9 Å². The first-order valence-electron chi connectivity index (χ1n) is 10.4. The molecule has 1 aliphatic rings. The minimum absolute atomic E-state index is 0.00531. The van der Waals surface area contributed by atoms with Crippen molar-refractivity contribution in [2.75, 3.05) is 13.7 Å². The predicted molar refractivity (Wildman–Crippen MR) is 111 cm³/mol. The number of hydrogen-bond acceptors (Lipinski definition) is 6. The molecule has 1 N–H and O–H groups in total. The van der Waals surface area contributed by atoms with Gasteiger partial charge in [-0.1, -0.05) is 24.2 Å². The zero-order valence-electron chi connectivity index (χ0n) is 17.6. The van der Waals surface area contributed by atoms with Crippen molar-refractivity contribution in [1.29, 1.82) is 0 Å². The lowest BCUT2D eigenvalue weighted by Gasteiger charge is -2.14. The lowest BCUT2D eigenvalue weighted by molar-refractivity contribution is 0.0936. The molecule has 158 valence electrons. The third kappa shape index (κ3) is 4.00. The lowest BCUT2D eigenvalue weighted by atomic mass is 10.0. The topological polar surface area (TPSA) is 95.1 Å². The van der Waals surface area contributed by atoms with E-state index in [9.17, 15) is 4.79 Å². The van der Waals surface area contributed by atoms with Crippen LogP contribution in [0.1, 0.15) is 58.9 Å². The number of aryl methyl sites for hydroxylation is 3. The molecule has 0 fully saturated rings. The maximum atomic E-state index is 12.9. The predicted octanol–water partition coefficient (Wildman–Crippen LogP) is 3.26. The van der Waals surface area contributed by atoms with Crippen LogP contribution in [-0.2, 0) is 24.1 Å². The molecule has 30 heavy (non-hydrogen) atoms. The summed E-state index contributed by atoms with van der Waals surface area (Å²) >= 11 is 0. The van der Waals surface area contributed by atoms with Crippen molar-refractivity contribution < 1.29 is 14.1 Å². The van der Waals surface area contributed by atoms with Gasteiger partial charge in [-0.3, -0.25) is 9.48 Å². The van der Waals surface area contributed by atoms with E-state index in [0.29, 0.717) is 30.3 Å². The number of amides is 1. The van der Waals surface area contributed by atoms with Crippen molar-refractivity contribution in [2.45, 2.75) is 52.1 Å². The summed E-state index contributed by atoms with van der Waals surface area (Å²) in [6.07, 6.45) is 5.00. The second-order valence-corrected chi connectivity index (χ2v) is 7.56. The van der Waals surface area contributed by atoms with Gasteiger partial charge in [0.2, 0.25) is 11.7 Å². The van der Waals surface area contributed by atoms with Crippen molar-refractivity contribution in [1.82, 2.24) is 25.2 Å². The van der Waals surface area contributed by atoms with Gasteiger partial charge in [0.25, 0.3) is 5.91 Å². The maximum absolute atomic E-state index is 12.9. The van der Waals surface area contributed by atoms with E-state index in [1.165, 1.54) is 5.56 Å². The molecule has 8 heteroatoms. The fourth-order valence-electron chi connectivity index (χ4n) is 3.91. The number of hydrogen-bond donors (Lipinski definition) is 1. The van der Waals surface area contributed by atoms with Crippen LogP contribution < -0.4 is 5.32 Å². The van der Waals surface area contributed by atoms with Gasteiger partial charge in [0.15, 0.2) is 0 Å². The van der Waals surface area contributed by atoms with E-state index in [1.807, 2.05) is 24.6 Å². The molecule has 0 saturated carbocycles. The Morgan fingerprint density at radius 1 is 1.40 bits per heavy atom. The smallest absolute Gasteiger partial charge is 0.255 e. The van der Waals surface area contributed by atoms with Crippen molar-refractivity contribution in [2.24, 2.45) is 0 Å². The second-order valence-electron chi connectivity index (χ2n) is 7.56. The summed E-state index contributed by atoms with van der Waals surface area (Å²) in [6.45, 7) is 5.32. The fraction of sp³-hybridized carbons (Fsp3) is 0.455. The Balaban J connectivity index is 1.45. The number of nitrogens with zero attached hydrogens (tertiary/aromatic N) is 4. The minimum atomic E-state index is -0.0850. The molecule has 8 nitrogen and oxygen atoms in total. The van der Waals surface area contributed by atoms with Gasteiger partial charge >= 0.3 is 0 Å². The number of carbonyl (C=O) groups is 1. The van der Waals surface area contributed by atoms with Crippen LogP contribution in [-0.4, -0.2) is 39.5 Å². The van der Waals surface area contributed by atoms with Gasteiger partial charge in [-0.05, 0) is 43.4 Å². The molecule has 1 atom stereocenters. The number of fused-ring (bicyclic) bond motifs is 1. The van der Waals surface area contributed by atoms with Crippen LogP contribution in [0.2, 0.25) is 0 Å². The van der Waals surface area contributed by atoms with Crippen LogP contribution in [0.5, 0.6) is 0 Å². The molecular weight excluding hydrogens is 382 g/mol. The number of methoxy groups -OCH3 is 1. The van der Waals surface area contributed by atoms with E-state index >= 15 is 0 Å². The van der Waals surface area contributed by atoms with Crippen molar-refractivity contribution in [3.8, 4) is 11.4 Å². The van der Waals surface area contributed by atoms with E-state index in [2.05, 4.69) is 32.7 Å². The van der Waals surface area contributed by atoms with E-state index in [-0.39, 0.29) is 11.9 Å². The standard InChI is InChI=1S/C22H27N5O3/c1-4-20-25-21(26-30-20)16-6-8-17-15(12-16)7-9-19(17)24-22(28)18-13-23-27(14(18)2)10-5-11-29-3/h6,8,12-13,19H,4-5,7,9-11H2,1-3H3,(H,24,28). The Morgan fingerprint density at radius 3 is 3.03 bits per heavy atom. The number of carbonyl (C=O) groups excluding carboxylic acids is 1. The zero-order chi connectivity index (χ0) is 21.1. The molecular formula is C22H27N5O3. The molecule has 0 radical (unpaired) electrons. The lowest BCUT2D eigenvalue weighted by Crippen LogP contribution is -2.27. The minimum Gasteiger partial charge on any atom is -0.385 e. The highest BCUT2D eigenvalue weighted by molar-refractivity contribution is 5.95. The monoisotopic (exact) mass is 409 g/mol. The fourth-order valence-corrected chi connectivity index (χ4v) is 3.91. The maximum Gasteiger partial charge on any atom is 0.255 e. The number of benzene rings is 1. The molecule has 1 aliphatic carbocycles. The Bertz CT molecular complexity index is 1040. The first-order chi connectivity index (χ1) is 14.6. The van der Waals surface area contributed by atoms with Gasteiger partial charge in [0, 0.05) is 37.9 Å². The molecule has 3 aromatic rings. The van der Waals surface area contributed by atoms with Gasteiger partial charge in [-0.2, -0.15) is 10.1 Å². The average molecular weight is 409 g/mol. The molecule has 0 saturated heterocycles. The normalized spacial score (nSPS) is 15.4. The molecule has 0 aliphatic heterocycles. The third-order valence-electron chi connectivity index (χ3n) is 5.62. The van der Waals surface area contributed by atoms with E-state index in [1.54, 1.807) is 13.3 Å². The van der Waals surface area contributed by atoms with Crippen LogP contribution in [0, 0.1) is 6.92 Å². The number of rotatable bonds is 8. The summed E-state index contributed by atoms with van der Waals surface area (Å²) in [7, 11) is 1.68. The van der Waals surface area contributed by atoms with E-state index in [0.717, 1.165) is 42.6 Å². The molecule has 2 aromatic heterocycles. The highest BCUT2D eigenvalue weighted by Crippen LogP contribution is 2.34. The molecule has 1 amide bonds. The van der Waals surface area contributed by atoms with E-state index in [4.69, 9.17) is 9.26 Å². The Kier molecular flexibility index (Phi) is 5.94. The van der Waals surface area contributed by atoms with Gasteiger partial charge in [0.1, 0.15) is 0 Å². The van der Waals surface area contributed by atoms with Gasteiger partial charge in [-0.15, -0.1) is 0 Å². The van der Waals surface area contributed by atoms with Crippen LogP contribution >= 0.6 is 0 Å². The van der Waals surface area contributed by atoms with Crippen LogP contribution in [0.25, 0.3) is 11.4 Å². The summed E-state index contributed by atoms with van der Waals surface area (Å²) in [6, 6.07) is 6.15. The summed E-state index contributed by atoms with van der Waals surface area (Å²) in [5, 5.41) is 11.6. The molecule has 0 bridgehead atoms. The molecule has 4 rings (SSSR count). The number of aromatic nitrogens is 4. The Labute approximate surface area is 175 Å². The second kappa shape index (κ2) is 8.79. The summed E-state index contributed by atoms with van der Waals surface area (Å²) < 4.78 is 12.2. The quantitative estimate of drug-likeness (QED) is 0.574. The summed E-state index contributed by atoms with van der Waals surface area (Å²) in [5.41, 5.74) is 4.80. The first kappa shape index (κ1) is 20.3. The SMILES string of the molecule is CCc1nc(-c2ccc3c(c2)CCC3NC(=O)c2cnn(CCCOC)c2C)no1. The van der Waals surface area contributed by atoms with Gasteiger partial charge in [-0.25, -0.2) is 0 Å². The highest BCUT2D eigenvalue weighted by atomic mass is 16.5. The first-order valence-corrected chi connectivity index (χ1v) is 10.4. The van der Waals surface area contributed by atoms with Crippen molar-refractivity contribution in [3.63, 3.8) is 0 Å². The average Bonchev–Trinajstić information content (AvgIpc) is 3.47. The van der Waals surface area contributed by atoms with Gasteiger partial charge in [0.05, 0.1) is 17.8 Å². The highest BCUT2D eigenvalue weighted by Gasteiger charge is 2.26. The third-order valence-corrected chi connectivity index (χ3v) is 5.62. The molecule has 1 aromatic carbocycles. The van der Waals surface area contributed by atoms with Crippen LogP contribution in [0.4, 0.5) is 0 Å². The van der Waals surface area contributed by atoms with Crippen molar-refractivity contribution in [3.05, 3.63) is 52.7 Å². The van der Waals surface area contributed by atoms with E-state index < -0.39 is 0 Å². The largest absolute Gasteiger partial charge is 0.385 e. The number of ether oxygens (including phenoxy) is 1.